The summed E-state index contributed by atoms with van der Waals surface area (Å²) >= 11 is 0. The van der Waals surface area contributed by atoms with E-state index in [-0.39, 0.29) is 10.8 Å². The molecule has 0 unspecified atom stereocenters. The second-order valence-electron chi connectivity index (χ2n) is 15.5. The summed E-state index contributed by atoms with van der Waals surface area (Å²) in [5.74, 6) is 0. The van der Waals surface area contributed by atoms with Crippen molar-refractivity contribution in [3.63, 3.8) is 0 Å². The molecule has 0 radical (unpaired) electrons. The Kier molecular flexibility index (Phi) is 6.41. The molecule has 0 bridgehead atoms. The highest BCUT2D eigenvalue weighted by atomic mass is 15.1. The smallest absolute Gasteiger partial charge is 0.0722 e. The number of hydrogen-bond acceptors (Lipinski definition) is 1. The predicted octanol–water partition coefficient (Wildman–Crippen LogP) is 13.6. The number of nitrogens with zero attached hydrogens (tertiary/aromatic N) is 1. The normalized spacial score (nSPS) is 16.1. The maximum atomic E-state index is 2.58. The zero-order valence-electron chi connectivity index (χ0n) is 30.1. The average molecular weight is 678 g/mol. The fourth-order valence-corrected chi connectivity index (χ4v) is 10.4. The number of benzene rings is 7. The van der Waals surface area contributed by atoms with Gasteiger partial charge >= 0.3 is 0 Å². The molecule has 4 aliphatic carbocycles. The van der Waals surface area contributed by atoms with Crippen molar-refractivity contribution in [3.8, 4) is 33.4 Å². The van der Waals surface area contributed by atoms with E-state index in [2.05, 4.69) is 195 Å². The van der Waals surface area contributed by atoms with Crippen LogP contribution in [0.4, 0.5) is 17.1 Å². The van der Waals surface area contributed by atoms with Gasteiger partial charge in [-0.3, -0.25) is 0 Å². The molecular formula is C52H39N. The van der Waals surface area contributed by atoms with Crippen LogP contribution in [0.5, 0.6) is 0 Å². The van der Waals surface area contributed by atoms with Crippen LogP contribution < -0.4 is 4.90 Å². The molecule has 1 spiro atoms. The van der Waals surface area contributed by atoms with Crippen molar-refractivity contribution in [2.45, 2.75) is 37.5 Å². The standard InChI is InChI=1S/C52H39N/c1-51(2)42-24-11-6-20-37(42)40-32-31-35(33-47(40)51)53(48-29-15-10-19-36(48)34-17-4-3-5-18-34)49-30-16-28-46-50(49)41-23-9-14-27-45(41)52(46)43-25-12-7-21-38(43)39-22-8-13-26-44(39)52/h3-8,10-22,24-33H,9,23H2,1-2H3. The van der Waals surface area contributed by atoms with E-state index in [9.17, 15) is 0 Å². The molecular weight excluding hydrogens is 639 g/mol. The van der Waals surface area contributed by atoms with E-state index in [1.54, 1.807) is 0 Å². The van der Waals surface area contributed by atoms with Crippen LogP contribution in [0, 0.1) is 0 Å². The minimum atomic E-state index is -0.364. The summed E-state index contributed by atoms with van der Waals surface area (Å²) in [6.45, 7) is 4.77. The highest BCUT2D eigenvalue weighted by molar-refractivity contribution is 6.02. The third-order valence-electron chi connectivity index (χ3n) is 12.6. The SMILES string of the molecule is CC1(C)c2ccccc2-c2ccc(N(c3ccccc3-c3ccccc3)c3cccc4c3C3=C(C=CCC3)C43c4ccccc4-c4ccccc43)cc21. The maximum absolute atomic E-state index is 2.58. The van der Waals surface area contributed by atoms with Crippen molar-refractivity contribution in [1.82, 2.24) is 0 Å². The van der Waals surface area contributed by atoms with Gasteiger partial charge in [0.25, 0.3) is 0 Å². The van der Waals surface area contributed by atoms with Gasteiger partial charge in [0, 0.05) is 22.2 Å². The van der Waals surface area contributed by atoms with Gasteiger partial charge in [-0.15, -0.1) is 0 Å². The molecule has 1 heteroatoms. The predicted molar refractivity (Wildman–Crippen MR) is 221 cm³/mol. The van der Waals surface area contributed by atoms with E-state index in [0.29, 0.717) is 0 Å². The number of para-hydroxylation sites is 1. The van der Waals surface area contributed by atoms with Crippen molar-refractivity contribution < 1.29 is 0 Å². The lowest BCUT2D eigenvalue weighted by Crippen LogP contribution is -2.27. The third-order valence-corrected chi connectivity index (χ3v) is 12.6. The molecule has 0 atom stereocenters. The summed E-state index contributed by atoms with van der Waals surface area (Å²) in [6.07, 6.45) is 6.91. The van der Waals surface area contributed by atoms with Crippen molar-refractivity contribution >= 4 is 22.6 Å². The summed E-state index contributed by atoms with van der Waals surface area (Å²) in [5, 5.41) is 0. The number of allylic oxidation sites excluding steroid dienone is 4. The zero-order chi connectivity index (χ0) is 35.3. The van der Waals surface area contributed by atoms with Gasteiger partial charge in [-0.2, -0.15) is 0 Å². The highest BCUT2D eigenvalue weighted by Crippen LogP contribution is 2.65. The van der Waals surface area contributed by atoms with E-state index in [1.165, 1.54) is 95.0 Å². The monoisotopic (exact) mass is 677 g/mol. The lowest BCUT2D eigenvalue weighted by Gasteiger charge is -2.33. The molecule has 7 aromatic carbocycles. The van der Waals surface area contributed by atoms with Crippen molar-refractivity contribution in [2.24, 2.45) is 0 Å². The highest BCUT2D eigenvalue weighted by Gasteiger charge is 2.53. The van der Waals surface area contributed by atoms with Crippen molar-refractivity contribution in [3.05, 3.63) is 215 Å². The molecule has 0 saturated carbocycles. The molecule has 252 valence electrons. The summed E-state index contributed by atoms with van der Waals surface area (Å²) < 4.78 is 0. The van der Waals surface area contributed by atoms with Crippen LogP contribution in [0.15, 0.2) is 182 Å². The molecule has 0 heterocycles. The van der Waals surface area contributed by atoms with Gasteiger partial charge in [0.1, 0.15) is 0 Å². The molecule has 4 aliphatic rings. The van der Waals surface area contributed by atoms with E-state index in [0.717, 1.165) is 12.8 Å². The van der Waals surface area contributed by atoms with Gasteiger partial charge < -0.3 is 4.90 Å². The van der Waals surface area contributed by atoms with Crippen LogP contribution in [0.1, 0.15) is 60.1 Å². The molecule has 0 N–H and O–H groups in total. The summed E-state index contributed by atoms with van der Waals surface area (Å²) in [6, 6.07) is 61.4. The molecule has 53 heavy (non-hydrogen) atoms. The van der Waals surface area contributed by atoms with Gasteiger partial charge in [0.2, 0.25) is 0 Å². The lowest BCUT2D eigenvalue weighted by atomic mass is 9.69. The Morgan fingerprint density at radius 1 is 0.472 bits per heavy atom. The van der Waals surface area contributed by atoms with E-state index in [1.807, 2.05) is 0 Å². The van der Waals surface area contributed by atoms with Gasteiger partial charge in [-0.25, -0.2) is 0 Å². The van der Waals surface area contributed by atoms with Crippen LogP contribution in [0.3, 0.4) is 0 Å². The maximum Gasteiger partial charge on any atom is 0.0722 e. The Hall–Kier alpha value is -6.18. The first-order valence-corrected chi connectivity index (χ1v) is 19.0. The molecule has 0 saturated heterocycles. The van der Waals surface area contributed by atoms with E-state index in [4.69, 9.17) is 0 Å². The van der Waals surface area contributed by atoms with Crippen molar-refractivity contribution in [1.29, 1.82) is 0 Å². The number of anilines is 3. The zero-order valence-corrected chi connectivity index (χ0v) is 30.1. The Bertz CT molecular complexity index is 2660. The second-order valence-corrected chi connectivity index (χ2v) is 15.5. The minimum absolute atomic E-state index is 0.115. The van der Waals surface area contributed by atoms with Gasteiger partial charge in [0.15, 0.2) is 0 Å². The molecule has 11 rings (SSSR count). The second kappa shape index (κ2) is 11.2. The first kappa shape index (κ1) is 30.4. The molecule has 0 fully saturated rings. The van der Waals surface area contributed by atoms with Crippen molar-refractivity contribution in [2.75, 3.05) is 4.90 Å². The van der Waals surface area contributed by atoms with E-state index < -0.39 is 0 Å². The van der Waals surface area contributed by atoms with Crippen LogP contribution in [-0.2, 0) is 10.8 Å². The molecule has 1 nitrogen and oxygen atoms in total. The summed E-state index contributed by atoms with van der Waals surface area (Å²) in [5.41, 5.74) is 22.2. The lowest BCUT2D eigenvalue weighted by molar-refractivity contribution is 0.660. The van der Waals surface area contributed by atoms with Gasteiger partial charge in [-0.1, -0.05) is 166 Å². The van der Waals surface area contributed by atoms with E-state index >= 15 is 0 Å². The number of fused-ring (bicyclic) bond motifs is 12. The Morgan fingerprint density at radius 3 is 1.77 bits per heavy atom. The Labute approximate surface area is 312 Å². The van der Waals surface area contributed by atoms with Gasteiger partial charge in [0.05, 0.1) is 16.8 Å². The van der Waals surface area contributed by atoms with Crippen LogP contribution in [0.2, 0.25) is 0 Å². The molecule has 0 aliphatic heterocycles. The fraction of sp³-hybridized carbons (Fsp3) is 0.115. The minimum Gasteiger partial charge on any atom is -0.309 e. The topological polar surface area (TPSA) is 3.24 Å². The largest absolute Gasteiger partial charge is 0.309 e. The number of hydrogen-bond donors (Lipinski definition) is 0. The fourth-order valence-electron chi connectivity index (χ4n) is 10.4. The Morgan fingerprint density at radius 2 is 1.04 bits per heavy atom. The quantitative estimate of drug-likeness (QED) is 0.179. The van der Waals surface area contributed by atoms with Crippen LogP contribution in [0.25, 0.3) is 39.0 Å². The van der Waals surface area contributed by atoms with Crippen LogP contribution in [-0.4, -0.2) is 0 Å². The third kappa shape index (κ3) is 4.03. The molecule has 7 aromatic rings. The molecule has 0 amide bonds. The summed E-state index contributed by atoms with van der Waals surface area (Å²) in [7, 11) is 0. The first-order chi connectivity index (χ1) is 26.1. The molecule has 0 aromatic heterocycles. The van der Waals surface area contributed by atoms with Crippen LogP contribution >= 0.6 is 0 Å². The Balaban J connectivity index is 1.22. The average Bonchev–Trinajstić information content (AvgIpc) is 3.78. The first-order valence-electron chi connectivity index (χ1n) is 19.0. The summed E-state index contributed by atoms with van der Waals surface area (Å²) in [4.78, 5) is 2.58. The number of rotatable bonds is 4. The van der Waals surface area contributed by atoms with Gasteiger partial charge in [-0.05, 0) is 104 Å².